The molecule has 4 nitrogen and oxygen atoms in total. The van der Waals surface area contributed by atoms with Crippen molar-refractivity contribution in [2.75, 3.05) is 0 Å². The zero-order valence-corrected chi connectivity index (χ0v) is 14.6. The Morgan fingerprint density at radius 1 is 1.04 bits per heavy atom. The van der Waals surface area contributed by atoms with Crippen molar-refractivity contribution in [3.05, 3.63) is 35.6 Å². The number of hydrogen-bond acceptors (Lipinski definition) is 3. The molecule has 132 valence electrons. The Hall–Kier alpha value is -1.62. The maximum atomic E-state index is 12.9. The highest BCUT2D eigenvalue weighted by Crippen LogP contribution is 2.38. The SMILES string of the molecule is CC(C)(C)OC(=O)NC1CC(NC2CC(c3ccc(F)cc3)C2)C1. The van der Waals surface area contributed by atoms with Gasteiger partial charge in [0.2, 0.25) is 0 Å². The minimum atomic E-state index is -0.452. The van der Waals surface area contributed by atoms with E-state index < -0.39 is 5.60 Å². The summed E-state index contributed by atoms with van der Waals surface area (Å²) >= 11 is 0. The maximum Gasteiger partial charge on any atom is 0.407 e. The van der Waals surface area contributed by atoms with Gasteiger partial charge in [-0.3, -0.25) is 0 Å². The molecule has 0 unspecified atom stereocenters. The molecule has 0 saturated heterocycles. The lowest BCUT2D eigenvalue weighted by molar-refractivity contribution is 0.0458. The van der Waals surface area contributed by atoms with Crippen LogP contribution in [0.25, 0.3) is 0 Å². The van der Waals surface area contributed by atoms with E-state index >= 15 is 0 Å². The van der Waals surface area contributed by atoms with Gasteiger partial charge in [0.25, 0.3) is 0 Å². The molecular formula is C19H27FN2O2. The van der Waals surface area contributed by atoms with E-state index in [9.17, 15) is 9.18 Å². The smallest absolute Gasteiger partial charge is 0.407 e. The molecule has 1 aromatic carbocycles. The Morgan fingerprint density at radius 2 is 1.62 bits per heavy atom. The third kappa shape index (κ3) is 4.47. The number of nitrogens with one attached hydrogen (secondary N) is 2. The van der Waals surface area contributed by atoms with Crippen LogP contribution in [-0.4, -0.2) is 29.8 Å². The Labute approximate surface area is 143 Å². The molecular weight excluding hydrogens is 307 g/mol. The number of amides is 1. The summed E-state index contributed by atoms with van der Waals surface area (Å²) in [6.07, 6.45) is 3.79. The molecule has 0 spiro atoms. The van der Waals surface area contributed by atoms with E-state index in [0.717, 1.165) is 25.7 Å². The molecule has 0 aromatic heterocycles. The summed E-state index contributed by atoms with van der Waals surface area (Å²) in [6.45, 7) is 5.60. The average molecular weight is 334 g/mol. The molecule has 2 saturated carbocycles. The van der Waals surface area contributed by atoms with Crippen molar-refractivity contribution in [2.45, 2.75) is 76.1 Å². The molecule has 0 radical (unpaired) electrons. The first-order valence-corrected chi connectivity index (χ1v) is 8.79. The monoisotopic (exact) mass is 334 g/mol. The predicted molar refractivity (Wildman–Crippen MR) is 91.5 cm³/mol. The highest BCUT2D eigenvalue weighted by Gasteiger charge is 2.37. The summed E-state index contributed by atoms with van der Waals surface area (Å²) in [4.78, 5) is 11.7. The van der Waals surface area contributed by atoms with Crippen LogP contribution in [0, 0.1) is 5.82 Å². The van der Waals surface area contributed by atoms with Crippen molar-refractivity contribution in [1.82, 2.24) is 10.6 Å². The molecule has 0 aliphatic heterocycles. The Balaban J connectivity index is 1.32. The highest BCUT2D eigenvalue weighted by molar-refractivity contribution is 5.68. The maximum absolute atomic E-state index is 12.9. The summed E-state index contributed by atoms with van der Waals surface area (Å²) in [7, 11) is 0. The van der Waals surface area contributed by atoms with E-state index in [2.05, 4.69) is 10.6 Å². The van der Waals surface area contributed by atoms with Gasteiger partial charge < -0.3 is 15.4 Å². The molecule has 2 fully saturated rings. The van der Waals surface area contributed by atoms with Gasteiger partial charge in [0.05, 0.1) is 0 Å². The normalized spacial score (nSPS) is 29.3. The first kappa shape index (κ1) is 17.2. The fourth-order valence-corrected chi connectivity index (χ4v) is 3.44. The summed E-state index contributed by atoms with van der Waals surface area (Å²) in [6, 6.07) is 8.08. The third-order valence-corrected chi connectivity index (χ3v) is 4.81. The number of benzene rings is 1. The highest BCUT2D eigenvalue weighted by atomic mass is 19.1. The lowest BCUT2D eigenvalue weighted by Gasteiger charge is -2.44. The largest absolute Gasteiger partial charge is 0.444 e. The topological polar surface area (TPSA) is 50.4 Å². The zero-order chi connectivity index (χ0) is 17.3. The summed E-state index contributed by atoms with van der Waals surface area (Å²) in [5.74, 6) is 0.365. The third-order valence-electron chi connectivity index (χ3n) is 4.81. The van der Waals surface area contributed by atoms with E-state index in [4.69, 9.17) is 4.74 Å². The van der Waals surface area contributed by atoms with Crippen molar-refractivity contribution < 1.29 is 13.9 Å². The molecule has 3 rings (SSSR count). The van der Waals surface area contributed by atoms with Crippen LogP contribution in [0.1, 0.15) is 57.9 Å². The lowest BCUT2D eigenvalue weighted by atomic mass is 9.74. The van der Waals surface area contributed by atoms with Crippen molar-refractivity contribution in [2.24, 2.45) is 0 Å². The van der Waals surface area contributed by atoms with E-state index in [-0.39, 0.29) is 18.0 Å². The van der Waals surface area contributed by atoms with Crippen LogP contribution in [0.3, 0.4) is 0 Å². The summed E-state index contributed by atoms with van der Waals surface area (Å²) in [5.41, 5.74) is 0.778. The Bertz CT molecular complexity index is 570. The fraction of sp³-hybridized carbons (Fsp3) is 0.632. The number of ether oxygens (including phenoxy) is 1. The van der Waals surface area contributed by atoms with Gasteiger partial charge in [-0.25, -0.2) is 9.18 Å². The van der Waals surface area contributed by atoms with E-state index in [1.54, 1.807) is 0 Å². The van der Waals surface area contributed by atoms with Crippen LogP contribution in [0.4, 0.5) is 9.18 Å². The molecule has 1 aromatic rings. The summed E-state index contributed by atoms with van der Waals surface area (Å²) in [5, 5.41) is 6.56. The molecule has 0 heterocycles. The molecule has 24 heavy (non-hydrogen) atoms. The van der Waals surface area contributed by atoms with Gasteiger partial charge in [-0.1, -0.05) is 12.1 Å². The molecule has 1 amide bonds. The quantitative estimate of drug-likeness (QED) is 0.882. The van der Waals surface area contributed by atoms with Gasteiger partial charge in [-0.2, -0.15) is 0 Å². The van der Waals surface area contributed by atoms with Crippen LogP contribution < -0.4 is 10.6 Å². The second-order valence-electron chi connectivity index (χ2n) is 8.09. The predicted octanol–water partition coefficient (Wildman–Crippen LogP) is 3.72. The molecule has 2 aliphatic carbocycles. The van der Waals surface area contributed by atoms with Gasteiger partial charge >= 0.3 is 6.09 Å². The Kier molecular flexibility index (Phi) is 4.81. The van der Waals surface area contributed by atoms with Gasteiger partial charge in [-0.15, -0.1) is 0 Å². The first-order valence-electron chi connectivity index (χ1n) is 8.79. The minimum Gasteiger partial charge on any atom is -0.444 e. The van der Waals surface area contributed by atoms with Crippen molar-refractivity contribution >= 4 is 6.09 Å². The van der Waals surface area contributed by atoms with E-state index in [0.29, 0.717) is 18.0 Å². The number of carbonyl (C=O) groups is 1. The molecule has 5 heteroatoms. The number of halogens is 1. The van der Waals surface area contributed by atoms with Gasteiger partial charge in [0.1, 0.15) is 11.4 Å². The van der Waals surface area contributed by atoms with Gasteiger partial charge in [0.15, 0.2) is 0 Å². The van der Waals surface area contributed by atoms with Crippen molar-refractivity contribution in [3.63, 3.8) is 0 Å². The average Bonchev–Trinajstić information content (AvgIpc) is 2.38. The number of alkyl carbamates (subject to hydrolysis) is 1. The second-order valence-corrected chi connectivity index (χ2v) is 8.09. The van der Waals surface area contributed by atoms with Gasteiger partial charge in [0, 0.05) is 18.1 Å². The number of carbonyl (C=O) groups excluding carboxylic acids is 1. The van der Waals surface area contributed by atoms with Crippen LogP contribution in [-0.2, 0) is 4.74 Å². The lowest BCUT2D eigenvalue weighted by Crippen LogP contribution is -2.57. The van der Waals surface area contributed by atoms with Crippen molar-refractivity contribution in [1.29, 1.82) is 0 Å². The summed E-state index contributed by atoms with van der Waals surface area (Å²) < 4.78 is 18.2. The Morgan fingerprint density at radius 3 is 2.21 bits per heavy atom. The second kappa shape index (κ2) is 6.71. The van der Waals surface area contributed by atoms with Crippen LogP contribution in [0.2, 0.25) is 0 Å². The molecule has 0 bridgehead atoms. The number of rotatable bonds is 4. The molecule has 0 atom stereocenters. The standard InChI is InChI=1S/C19H27FN2O2/c1-19(2,3)24-18(23)22-17-10-16(11-17)21-15-8-13(9-15)12-4-6-14(20)7-5-12/h4-7,13,15-17,21H,8-11H2,1-3H3,(H,22,23). The fourth-order valence-electron chi connectivity index (χ4n) is 3.44. The van der Waals surface area contributed by atoms with Crippen LogP contribution in [0.5, 0.6) is 0 Å². The zero-order valence-electron chi connectivity index (χ0n) is 14.6. The first-order chi connectivity index (χ1) is 11.3. The van der Waals surface area contributed by atoms with E-state index in [1.165, 1.54) is 17.7 Å². The minimum absolute atomic E-state index is 0.175. The van der Waals surface area contributed by atoms with Crippen LogP contribution in [0.15, 0.2) is 24.3 Å². The van der Waals surface area contributed by atoms with Gasteiger partial charge in [-0.05, 0) is 70.1 Å². The van der Waals surface area contributed by atoms with Crippen LogP contribution >= 0.6 is 0 Å². The van der Waals surface area contributed by atoms with Crippen molar-refractivity contribution in [3.8, 4) is 0 Å². The van der Waals surface area contributed by atoms with E-state index in [1.807, 2.05) is 32.9 Å². The number of hydrogen-bond donors (Lipinski definition) is 2. The molecule has 2 aliphatic rings. The molecule has 2 N–H and O–H groups in total.